The van der Waals surface area contributed by atoms with Crippen molar-refractivity contribution in [1.82, 2.24) is 9.13 Å². The zero-order chi connectivity index (χ0) is 62.2. The number of nitrogens with one attached hydrogen (secondary N) is 2. The second-order valence-corrected chi connectivity index (χ2v) is 21.4. The van der Waals surface area contributed by atoms with Crippen LogP contribution < -0.4 is 20.8 Å². The van der Waals surface area contributed by atoms with Crippen LogP contribution in [0.2, 0.25) is 0 Å². The van der Waals surface area contributed by atoms with Crippen molar-refractivity contribution in [2.75, 3.05) is 10.6 Å². The topological polar surface area (TPSA) is 277 Å². The van der Waals surface area contributed by atoms with Crippen LogP contribution in [0, 0.1) is 34.3 Å². The number of aliphatic hydroxyl groups is 4. The maximum atomic E-state index is 14.2. The Balaban J connectivity index is 0.000000275. The average molecular weight is 1210 g/mol. The summed E-state index contributed by atoms with van der Waals surface area (Å²) in [7, 11) is 0. The van der Waals surface area contributed by atoms with Crippen LogP contribution in [0.4, 0.5) is 20.2 Å². The van der Waals surface area contributed by atoms with Gasteiger partial charge in [0.2, 0.25) is 0 Å². The molecule has 0 aliphatic heterocycles. The number of carboxylic acid groups (broad SMARTS) is 2. The number of halogens is 2. The molecular formula is C68H66CaF2N6O10. The van der Waals surface area contributed by atoms with Gasteiger partial charge in [-0.1, -0.05) is 113 Å². The van der Waals surface area contributed by atoms with E-state index in [-0.39, 0.29) is 88.3 Å². The minimum atomic E-state index is -1.41. The van der Waals surface area contributed by atoms with Crippen molar-refractivity contribution in [3.63, 3.8) is 0 Å². The normalized spacial score (nSPS) is 12.3. The number of hydrogen-bond acceptors (Lipinski definition) is 12. The fourth-order valence-electron chi connectivity index (χ4n) is 10.7. The van der Waals surface area contributed by atoms with Gasteiger partial charge in [-0.05, 0) is 133 Å². The third-order valence-electron chi connectivity index (χ3n) is 14.4. The monoisotopic (exact) mass is 1200 g/mol. The summed E-state index contributed by atoms with van der Waals surface area (Å²) in [6.45, 7) is 8.18. The third kappa shape index (κ3) is 17.5. The van der Waals surface area contributed by atoms with Crippen LogP contribution in [0.15, 0.2) is 158 Å². The summed E-state index contributed by atoms with van der Waals surface area (Å²) >= 11 is 0. The Labute approximate surface area is 533 Å². The Kier molecular flexibility index (Phi) is 24.9. The van der Waals surface area contributed by atoms with E-state index in [0.717, 1.165) is 11.1 Å². The molecule has 0 bridgehead atoms. The maximum absolute atomic E-state index is 14.2. The van der Waals surface area contributed by atoms with Crippen molar-refractivity contribution in [3.05, 3.63) is 203 Å². The number of carbonyl (C=O) groups excluding carboxylic acids is 4. The van der Waals surface area contributed by atoms with Gasteiger partial charge in [0.15, 0.2) is 0 Å². The van der Waals surface area contributed by atoms with Crippen molar-refractivity contribution in [2.45, 2.75) is 116 Å². The van der Waals surface area contributed by atoms with Gasteiger partial charge in [-0.15, -0.1) is 0 Å². The average Bonchev–Trinajstić information content (AvgIpc) is 1.69. The summed E-state index contributed by atoms with van der Waals surface area (Å²) in [4.78, 5) is 50.2. The number of carboxylic acids is 2. The van der Waals surface area contributed by atoms with Crippen LogP contribution in [0.1, 0.15) is 121 Å². The van der Waals surface area contributed by atoms with Gasteiger partial charge in [-0.25, -0.2) is 8.78 Å². The molecule has 0 saturated heterocycles. The molecule has 6 aromatic carbocycles. The number of nitriles is 2. The van der Waals surface area contributed by atoms with Gasteiger partial charge in [0.05, 0.1) is 69.4 Å². The number of rotatable bonds is 24. The molecule has 0 aliphatic carbocycles. The van der Waals surface area contributed by atoms with E-state index in [1.807, 2.05) is 97.5 Å². The van der Waals surface area contributed by atoms with E-state index < -0.39 is 72.6 Å². The van der Waals surface area contributed by atoms with E-state index in [2.05, 4.69) is 22.8 Å². The molecule has 0 radical (unpaired) electrons. The summed E-state index contributed by atoms with van der Waals surface area (Å²) in [6.07, 6.45) is -5.87. The van der Waals surface area contributed by atoms with Gasteiger partial charge < -0.3 is 60.0 Å². The van der Waals surface area contributed by atoms with Crippen molar-refractivity contribution in [2.24, 2.45) is 0 Å². The van der Waals surface area contributed by atoms with E-state index in [4.69, 9.17) is 0 Å². The number of para-hydroxylation sites is 2. The fourth-order valence-corrected chi connectivity index (χ4v) is 10.7. The number of aliphatic hydroxyl groups excluding tert-OH is 4. The Morgan fingerprint density at radius 2 is 0.805 bits per heavy atom. The molecule has 16 nitrogen and oxygen atoms in total. The van der Waals surface area contributed by atoms with E-state index in [9.17, 15) is 69.1 Å². The minimum Gasteiger partial charge on any atom is -0.550 e. The van der Waals surface area contributed by atoms with Crippen LogP contribution in [-0.2, 0) is 22.7 Å². The number of nitrogens with zero attached hydrogens (tertiary/aromatic N) is 4. The van der Waals surface area contributed by atoms with Crippen LogP contribution >= 0.6 is 0 Å². The summed E-state index contributed by atoms with van der Waals surface area (Å²) in [5, 5.41) is 88.4. The zero-order valence-corrected chi connectivity index (χ0v) is 50.8. The molecule has 19 heteroatoms. The molecule has 8 rings (SSSR count). The van der Waals surface area contributed by atoms with Gasteiger partial charge in [0, 0.05) is 60.4 Å². The number of aromatic nitrogens is 2. The first kappa shape index (κ1) is 67.8. The van der Waals surface area contributed by atoms with Crippen molar-refractivity contribution < 1.29 is 58.6 Å². The molecular weight excluding hydrogens is 1140 g/mol. The van der Waals surface area contributed by atoms with Crippen LogP contribution in [0.25, 0.3) is 44.8 Å². The van der Waals surface area contributed by atoms with Gasteiger partial charge in [-0.2, -0.15) is 10.5 Å². The van der Waals surface area contributed by atoms with E-state index >= 15 is 0 Å². The maximum Gasteiger partial charge on any atom is 2.00 e. The van der Waals surface area contributed by atoms with Gasteiger partial charge in [-0.3, -0.25) is 9.59 Å². The quantitative estimate of drug-likeness (QED) is 0.0309. The Bertz CT molecular complexity index is 3500. The molecule has 0 fully saturated rings. The first-order valence-corrected chi connectivity index (χ1v) is 28.1. The predicted octanol–water partition coefficient (Wildman–Crippen LogP) is 9.32. The molecule has 0 saturated carbocycles. The summed E-state index contributed by atoms with van der Waals surface area (Å²) in [5.74, 6) is -4.91. The molecule has 0 spiro atoms. The van der Waals surface area contributed by atoms with E-state index in [1.165, 1.54) is 24.3 Å². The molecule has 444 valence electrons. The van der Waals surface area contributed by atoms with Crippen LogP contribution in [0.3, 0.4) is 0 Å². The molecule has 2 heterocycles. The molecule has 6 N–H and O–H groups in total. The number of anilines is 2. The SMILES string of the molecule is CC(C)c1c(C(=O)Nc2ccccc2C#N)c(-c2ccccc2)c(-c2ccc(F)cc2)n1CC[C@@H](O)C[C@@H](O)CC(=O)[O-].CC(C)c1c(C(=O)Nc2ccccc2C#N)c(-c2ccccc2)c(-c2ccc(F)cc2)n1CC[C@@H](O)C[C@@H](O)CC(=O)[O-].[Ca+2]. The largest absolute Gasteiger partial charge is 2.00 e. The van der Waals surface area contributed by atoms with Crippen molar-refractivity contribution in [3.8, 4) is 56.9 Å². The predicted molar refractivity (Wildman–Crippen MR) is 324 cm³/mol. The number of benzene rings is 6. The van der Waals surface area contributed by atoms with Crippen molar-refractivity contribution >= 4 is 72.9 Å². The van der Waals surface area contributed by atoms with E-state index in [1.54, 1.807) is 72.8 Å². The molecule has 0 aliphatic rings. The van der Waals surface area contributed by atoms with Gasteiger partial charge in [0.1, 0.15) is 23.8 Å². The molecule has 87 heavy (non-hydrogen) atoms. The summed E-state index contributed by atoms with van der Waals surface area (Å²) in [6, 6.07) is 48.1. The summed E-state index contributed by atoms with van der Waals surface area (Å²) < 4.78 is 32.0. The second kappa shape index (κ2) is 31.9. The first-order valence-electron chi connectivity index (χ1n) is 28.1. The second-order valence-electron chi connectivity index (χ2n) is 21.4. The van der Waals surface area contributed by atoms with Crippen LogP contribution in [0.5, 0.6) is 0 Å². The van der Waals surface area contributed by atoms with Gasteiger partial charge >= 0.3 is 37.7 Å². The van der Waals surface area contributed by atoms with E-state index in [0.29, 0.717) is 78.7 Å². The molecule has 2 amide bonds. The Morgan fingerprint density at radius 1 is 0.483 bits per heavy atom. The van der Waals surface area contributed by atoms with Crippen LogP contribution in [-0.4, -0.2) is 115 Å². The smallest absolute Gasteiger partial charge is 0.550 e. The van der Waals surface area contributed by atoms with Crippen molar-refractivity contribution in [1.29, 1.82) is 10.5 Å². The summed E-state index contributed by atoms with van der Waals surface area (Å²) in [5.41, 5.74) is 8.65. The number of aliphatic carboxylic acids is 2. The molecule has 0 unspecified atom stereocenters. The molecule has 8 aromatic rings. The molecule has 2 aromatic heterocycles. The third-order valence-corrected chi connectivity index (χ3v) is 14.4. The Morgan fingerprint density at radius 3 is 1.11 bits per heavy atom. The number of carbonyl (C=O) groups is 4. The number of amides is 2. The Hall–Kier alpha value is -8.30. The standard InChI is InChI=1S/2C34H34FN3O5.Ca/c2*1-21(2)32-31(34(43)37-28-11-7-6-10-24(28)20-36)30(22-8-4-3-5-9-22)33(23-12-14-25(35)15-13-23)38(32)17-16-26(39)18-27(40)19-29(41)42;/h2*3-15,21,26-27,39-40H,16-19H2,1-2H3,(H,37,43)(H,41,42);/q;;+2/p-2/t2*26-,27-;/m11./s1. The fraction of sp³-hybridized carbons (Fsp3) is 0.265. The minimum absolute atomic E-state index is 0. The number of hydrogen-bond donors (Lipinski definition) is 6. The zero-order valence-electron chi connectivity index (χ0n) is 48.6. The van der Waals surface area contributed by atoms with Gasteiger partial charge in [0.25, 0.3) is 11.8 Å². The first-order chi connectivity index (χ1) is 41.2. The molecule has 4 atom stereocenters.